The number of nitriles is 1. The lowest BCUT2D eigenvalue weighted by Crippen LogP contribution is -2.47. The summed E-state index contributed by atoms with van der Waals surface area (Å²) in [6, 6.07) is 4.90. The smallest absolute Gasteiger partial charge is 0.262 e. The number of carbonyl (C=O) groups is 1. The molecular formula is C13H13Cl3N2O2. The maximum Gasteiger partial charge on any atom is 0.262 e. The van der Waals surface area contributed by atoms with Crippen LogP contribution in [0, 0.1) is 11.3 Å². The minimum Gasteiger partial charge on any atom is -0.481 e. The van der Waals surface area contributed by atoms with E-state index < -0.39 is 17.6 Å². The third kappa shape index (κ3) is 4.45. The van der Waals surface area contributed by atoms with Crippen LogP contribution in [0.2, 0.25) is 15.1 Å². The molecule has 0 aromatic heterocycles. The van der Waals surface area contributed by atoms with Crippen LogP contribution in [-0.4, -0.2) is 17.6 Å². The van der Waals surface area contributed by atoms with E-state index in [1.165, 1.54) is 12.1 Å². The third-order valence-electron chi connectivity index (χ3n) is 2.35. The molecule has 0 bridgehead atoms. The van der Waals surface area contributed by atoms with Crippen LogP contribution in [0.5, 0.6) is 5.75 Å². The van der Waals surface area contributed by atoms with E-state index in [0.717, 1.165) is 0 Å². The number of nitrogens with one attached hydrogen (secondary N) is 1. The molecule has 1 N–H and O–H groups in total. The molecule has 0 aliphatic heterocycles. The van der Waals surface area contributed by atoms with Gasteiger partial charge in [0.1, 0.15) is 11.3 Å². The first-order valence-electron chi connectivity index (χ1n) is 5.71. The molecule has 0 aliphatic carbocycles. The van der Waals surface area contributed by atoms with Gasteiger partial charge in [-0.15, -0.1) is 0 Å². The predicted molar refractivity (Wildman–Crippen MR) is 79.4 cm³/mol. The Morgan fingerprint density at radius 3 is 2.30 bits per heavy atom. The fourth-order valence-electron chi connectivity index (χ4n) is 1.30. The summed E-state index contributed by atoms with van der Waals surface area (Å²) >= 11 is 17.6. The summed E-state index contributed by atoms with van der Waals surface area (Å²) in [7, 11) is 0. The van der Waals surface area contributed by atoms with Crippen molar-refractivity contribution in [1.29, 1.82) is 5.26 Å². The molecule has 0 saturated heterocycles. The summed E-state index contributed by atoms with van der Waals surface area (Å²) in [6.07, 6.45) is -0.809. The molecule has 0 spiro atoms. The van der Waals surface area contributed by atoms with Crippen LogP contribution < -0.4 is 10.1 Å². The zero-order valence-electron chi connectivity index (χ0n) is 11.1. The lowest BCUT2D eigenvalue weighted by molar-refractivity contribution is -0.128. The Morgan fingerprint density at radius 2 is 1.85 bits per heavy atom. The Morgan fingerprint density at radius 1 is 1.35 bits per heavy atom. The van der Waals surface area contributed by atoms with Gasteiger partial charge in [-0.1, -0.05) is 34.8 Å². The maximum absolute atomic E-state index is 11.9. The molecule has 108 valence electrons. The highest BCUT2D eigenvalue weighted by atomic mass is 35.5. The Hall–Kier alpha value is -1.15. The van der Waals surface area contributed by atoms with Gasteiger partial charge in [0.05, 0.1) is 21.1 Å². The highest BCUT2D eigenvalue weighted by molar-refractivity contribution is 6.48. The van der Waals surface area contributed by atoms with Crippen molar-refractivity contribution in [2.45, 2.75) is 32.4 Å². The first-order valence-corrected chi connectivity index (χ1v) is 6.84. The van der Waals surface area contributed by atoms with Crippen LogP contribution in [-0.2, 0) is 4.79 Å². The molecule has 7 heteroatoms. The van der Waals surface area contributed by atoms with E-state index in [4.69, 9.17) is 44.8 Å². The molecule has 1 aromatic carbocycles. The number of benzene rings is 1. The molecule has 0 heterocycles. The number of hydrogen-bond donors (Lipinski definition) is 1. The van der Waals surface area contributed by atoms with Gasteiger partial charge in [-0.25, -0.2) is 0 Å². The summed E-state index contributed by atoms with van der Waals surface area (Å²) in [5.74, 6) is -0.0967. The number of halogens is 3. The zero-order valence-corrected chi connectivity index (χ0v) is 13.4. The van der Waals surface area contributed by atoms with Crippen molar-refractivity contribution < 1.29 is 9.53 Å². The Balaban J connectivity index is 2.79. The van der Waals surface area contributed by atoms with Crippen LogP contribution in [0.25, 0.3) is 0 Å². The Labute approximate surface area is 132 Å². The molecule has 1 aromatic rings. The van der Waals surface area contributed by atoms with Crippen molar-refractivity contribution in [3.8, 4) is 11.8 Å². The molecule has 0 fully saturated rings. The van der Waals surface area contributed by atoms with E-state index >= 15 is 0 Å². The van der Waals surface area contributed by atoms with Crippen LogP contribution in [0.4, 0.5) is 0 Å². The van der Waals surface area contributed by atoms with Crippen molar-refractivity contribution in [1.82, 2.24) is 5.32 Å². The third-order valence-corrected chi connectivity index (χ3v) is 3.55. The second-order valence-corrected chi connectivity index (χ2v) is 5.88. The molecule has 1 unspecified atom stereocenters. The molecule has 4 nitrogen and oxygen atoms in total. The monoisotopic (exact) mass is 334 g/mol. The average molecular weight is 336 g/mol. The van der Waals surface area contributed by atoms with Gasteiger partial charge in [0.15, 0.2) is 6.10 Å². The van der Waals surface area contributed by atoms with Crippen LogP contribution >= 0.6 is 34.8 Å². The Kier molecular flexibility index (Phi) is 5.52. The van der Waals surface area contributed by atoms with Gasteiger partial charge in [-0.05, 0) is 20.8 Å². The molecule has 1 amide bonds. The number of ether oxygens (including phenoxy) is 1. The van der Waals surface area contributed by atoms with Crippen molar-refractivity contribution in [2.75, 3.05) is 0 Å². The summed E-state index contributed by atoms with van der Waals surface area (Å²) in [6.45, 7) is 4.74. The lowest BCUT2D eigenvalue weighted by Gasteiger charge is -2.21. The normalized spacial score (nSPS) is 12.4. The zero-order chi connectivity index (χ0) is 15.5. The van der Waals surface area contributed by atoms with E-state index in [1.54, 1.807) is 20.8 Å². The Bertz CT molecular complexity index is 544. The lowest BCUT2D eigenvalue weighted by atomic mass is 10.1. The maximum atomic E-state index is 11.9. The van der Waals surface area contributed by atoms with Crippen molar-refractivity contribution in [3.63, 3.8) is 0 Å². The highest BCUT2D eigenvalue weighted by Crippen LogP contribution is 2.34. The van der Waals surface area contributed by atoms with Gasteiger partial charge in [0, 0.05) is 12.1 Å². The number of nitrogens with zero attached hydrogens (tertiary/aromatic N) is 1. The second kappa shape index (κ2) is 6.53. The quantitative estimate of drug-likeness (QED) is 0.851. The van der Waals surface area contributed by atoms with E-state index in [-0.39, 0.29) is 15.1 Å². The minimum atomic E-state index is -0.968. The SMILES string of the molecule is CC(Oc1cc(Cl)c(Cl)c(Cl)c1)C(=O)NC(C)(C)C#N. The van der Waals surface area contributed by atoms with Gasteiger partial charge in [0.25, 0.3) is 5.91 Å². The van der Waals surface area contributed by atoms with Crippen molar-refractivity contribution >= 4 is 40.7 Å². The first kappa shape index (κ1) is 16.9. The van der Waals surface area contributed by atoms with Gasteiger partial charge >= 0.3 is 0 Å². The van der Waals surface area contributed by atoms with Crippen LogP contribution in [0.3, 0.4) is 0 Å². The topological polar surface area (TPSA) is 62.1 Å². The molecular weight excluding hydrogens is 323 g/mol. The fourth-order valence-corrected chi connectivity index (χ4v) is 1.87. The van der Waals surface area contributed by atoms with Crippen LogP contribution in [0.1, 0.15) is 20.8 Å². The standard InChI is InChI=1S/C13H13Cl3N2O2/c1-7(12(19)18-13(2,3)6-17)20-8-4-9(14)11(16)10(15)5-8/h4-5,7H,1-3H3,(H,18,19). The summed E-state index contributed by atoms with van der Waals surface area (Å²) in [5.41, 5.74) is -0.968. The fraction of sp³-hybridized carbons (Fsp3) is 0.385. The molecule has 1 atom stereocenters. The number of hydrogen-bond acceptors (Lipinski definition) is 3. The summed E-state index contributed by atoms with van der Waals surface area (Å²) < 4.78 is 5.43. The van der Waals surface area contributed by atoms with E-state index in [1.807, 2.05) is 6.07 Å². The molecule has 1 rings (SSSR count). The van der Waals surface area contributed by atoms with Gasteiger partial charge < -0.3 is 10.1 Å². The van der Waals surface area contributed by atoms with Crippen LogP contribution in [0.15, 0.2) is 12.1 Å². The van der Waals surface area contributed by atoms with Crippen molar-refractivity contribution in [2.24, 2.45) is 0 Å². The second-order valence-electron chi connectivity index (χ2n) is 4.69. The predicted octanol–water partition coefficient (Wildman–Crippen LogP) is 3.83. The van der Waals surface area contributed by atoms with E-state index in [2.05, 4.69) is 5.32 Å². The summed E-state index contributed by atoms with van der Waals surface area (Å²) in [5, 5.41) is 12.1. The van der Waals surface area contributed by atoms with E-state index in [0.29, 0.717) is 5.75 Å². The van der Waals surface area contributed by atoms with E-state index in [9.17, 15) is 4.79 Å². The molecule has 0 saturated carbocycles. The van der Waals surface area contributed by atoms with Gasteiger partial charge in [-0.2, -0.15) is 5.26 Å². The van der Waals surface area contributed by atoms with Gasteiger partial charge in [0.2, 0.25) is 0 Å². The first-order chi connectivity index (χ1) is 9.16. The number of rotatable bonds is 4. The highest BCUT2D eigenvalue weighted by Gasteiger charge is 2.24. The summed E-state index contributed by atoms with van der Waals surface area (Å²) in [4.78, 5) is 11.9. The average Bonchev–Trinajstić information content (AvgIpc) is 2.35. The molecule has 20 heavy (non-hydrogen) atoms. The van der Waals surface area contributed by atoms with Gasteiger partial charge in [-0.3, -0.25) is 4.79 Å². The largest absolute Gasteiger partial charge is 0.481 e. The number of carbonyl (C=O) groups excluding carboxylic acids is 1. The molecule has 0 aliphatic rings. The minimum absolute atomic E-state index is 0.225. The molecule has 0 radical (unpaired) electrons. The number of amides is 1. The van der Waals surface area contributed by atoms with Crippen molar-refractivity contribution in [3.05, 3.63) is 27.2 Å².